The van der Waals surface area contributed by atoms with Gasteiger partial charge in [0.1, 0.15) is 23.0 Å². The quantitative estimate of drug-likeness (QED) is 0.136. The highest BCUT2D eigenvalue weighted by atomic mass is 19.4. The third-order valence-corrected chi connectivity index (χ3v) is 7.08. The van der Waals surface area contributed by atoms with Crippen LogP contribution in [0.4, 0.5) is 22.8 Å². The number of ether oxygens (including phenoxy) is 3. The van der Waals surface area contributed by atoms with E-state index >= 15 is 0 Å². The second-order valence-electron chi connectivity index (χ2n) is 13.7. The molecule has 2 atom stereocenters. The monoisotopic (exact) mass is 683 g/mol. The number of likely N-dealkylation sites (tertiary alicyclic amines) is 1. The number of benzene rings is 1. The van der Waals surface area contributed by atoms with Gasteiger partial charge in [-0.25, -0.2) is 9.59 Å². The van der Waals surface area contributed by atoms with Gasteiger partial charge in [0.25, 0.3) is 5.89 Å². The minimum atomic E-state index is -4.71. The Bertz CT molecular complexity index is 1400. The van der Waals surface area contributed by atoms with Gasteiger partial charge in [0.15, 0.2) is 0 Å². The van der Waals surface area contributed by atoms with Gasteiger partial charge >= 0.3 is 18.4 Å². The molecule has 1 aliphatic rings. The number of alkyl halides is 3. The summed E-state index contributed by atoms with van der Waals surface area (Å²) in [6.07, 6.45) is -0.558. The fraction of sp³-hybridized carbons (Fsp3) is 0.667. The highest BCUT2D eigenvalue weighted by Crippen LogP contribution is 2.39. The van der Waals surface area contributed by atoms with E-state index in [-0.39, 0.29) is 48.6 Å². The SMILES string of the molecule is CCCCCCCCCOc1ccc(-c2noc([C@@H]3[C@@H](O)CCN3C(=NC(=O)OC(C)(C)C)NC(=O)OC(C)(C)C)n2)cc1C(F)(F)F. The third-order valence-electron chi connectivity index (χ3n) is 7.08. The number of guanidine groups is 1. The Morgan fingerprint density at radius 3 is 2.29 bits per heavy atom. The van der Waals surface area contributed by atoms with E-state index in [9.17, 15) is 27.9 Å². The maximum absolute atomic E-state index is 14.1. The molecule has 0 spiro atoms. The molecular formula is C33H48F3N5O7. The van der Waals surface area contributed by atoms with E-state index < -0.39 is 47.3 Å². The summed E-state index contributed by atoms with van der Waals surface area (Å²) < 4.78 is 63.8. The van der Waals surface area contributed by atoms with Crippen LogP contribution in [0.2, 0.25) is 0 Å². The zero-order valence-corrected chi connectivity index (χ0v) is 28.8. The lowest BCUT2D eigenvalue weighted by Crippen LogP contribution is -2.47. The number of amides is 2. The van der Waals surface area contributed by atoms with E-state index in [0.29, 0.717) is 6.42 Å². The molecule has 2 N–H and O–H groups in total. The third kappa shape index (κ3) is 12.0. The van der Waals surface area contributed by atoms with Gasteiger partial charge in [-0.1, -0.05) is 50.6 Å². The van der Waals surface area contributed by atoms with Crippen molar-refractivity contribution < 1.29 is 46.6 Å². The number of nitrogens with one attached hydrogen (secondary N) is 1. The zero-order chi connectivity index (χ0) is 35.7. The van der Waals surface area contributed by atoms with Crippen LogP contribution in [0.5, 0.6) is 5.75 Å². The molecular weight excluding hydrogens is 635 g/mol. The first kappa shape index (κ1) is 38.6. The van der Waals surface area contributed by atoms with E-state index in [1.54, 1.807) is 41.5 Å². The zero-order valence-electron chi connectivity index (χ0n) is 28.8. The first-order valence-corrected chi connectivity index (χ1v) is 16.3. The van der Waals surface area contributed by atoms with E-state index in [0.717, 1.165) is 38.2 Å². The standard InChI is InChI=1S/C33H48F3N5O7/c1-8-9-10-11-12-13-14-19-45-24-16-15-21(20-22(24)33(34,35)36)26-37-27(48-40-26)25-23(42)17-18-41(25)28(38-29(43)46-31(2,3)4)39-30(44)47-32(5,6)7/h15-16,20,23,25,42H,8-14,17-19H2,1-7H3,(H,38,39,43,44)/t23-,25-/m0/s1. The summed E-state index contributed by atoms with van der Waals surface area (Å²) in [5.41, 5.74) is -2.75. The summed E-state index contributed by atoms with van der Waals surface area (Å²) in [7, 11) is 0. The van der Waals surface area contributed by atoms with Crippen molar-refractivity contribution in [2.45, 2.75) is 129 Å². The summed E-state index contributed by atoms with van der Waals surface area (Å²) in [5.74, 6) is -0.944. The predicted octanol–water partition coefficient (Wildman–Crippen LogP) is 7.81. The highest BCUT2D eigenvalue weighted by molar-refractivity contribution is 5.99. The lowest BCUT2D eigenvalue weighted by Gasteiger charge is -2.28. The van der Waals surface area contributed by atoms with Gasteiger partial charge in [0, 0.05) is 12.1 Å². The van der Waals surface area contributed by atoms with Crippen LogP contribution >= 0.6 is 0 Å². The van der Waals surface area contributed by atoms with Crippen molar-refractivity contribution in [3.05, 3.63) is 29.7 Å². The van der Waals surface area contributed by atoms with E-state index in [4.69, 9.17) is 18.7 Å². The number of carbonyl (C=O) groups excluding carboxylic acids is 2. The average molecular weight is 684 g/mol. The van der Waals surface area contributed by atoms with Gasteiger partial charge in [-0.3, -0.25) is 5.32 Å². The van der Waals surface area contributed by atoms with Crippen molar-refractivity contribution in [2.24, 2.45) is 4.99 Å². The van der Waals surface area contributed by atoms with Crippen LogP contribution in [-0.4, -0.2) is 68.8 Å². The second-order valence-corrected chi connectivity index (χ2v) is 13.7. The number of aliphatic hydroxyl groups is 1. The molecule has 2 aromatic rings. The summed E-state index contributed by atoms with van der Waals surface area (Å²) in [6.45, 7) is 12.3. The molecule has 2 heterocycles. The van der Waals surface area contributed by atoms with Crippen LogP contribution in [0, 0.1) is 0 Å². The summed E-state index contributed by atoms with van der Waals surface area (Å²) in [5, 5.41) is 17.2. The van der Waals surface area contributed by atoms with Crippen molar-refractivity contribution in [3.8, 4) is 17.1 Å². The molecule has 2 amide bonds. The van der Waals surface area contributed by atoms with Gasteiger partial charge in [0.05, 0.1) is 18.3 Å². The van der Waals surface area contributed by atoms with Crippen molar-refractivity contribution >= 4 is 18.1 Å². The van der Waals surface area contributed by atoms with Gasteiger partial charge in [-0.15, -0.1) is 4.99 Å². The number of hydrogen-bond donors (Lipinski definition) is 2. The molecule has 0 radical (unpaired) electrons. The summed E-state index contributed by atoms with van der Waals surface area (Å²) >= 11 is 0. The molecule has 1 aromatic heterocycles. The average Bonchev–Trinajstić information content (AvgIpc) is 3.58. The molecule has 48 heavy (non-hydrogen) atoms. The van der Waals surface area contributed by atoms with Gasteiger partial charge in [0.2, 0.25) is 11.8 Å². The predicted molar refractivity (Wildman–Crippen MR) is 171 cm³/mol. The number of rotatable bonds is 11. The molecule has 1 fully saturated rings. The number of aliphatic imine (C=N–C) groups is 1. The van der Waals surface area contributed by atoms with Gasteiger partial charge in [-0.2, -0.15) is 18.2 Å². The molecule has 1 saturated heterocycles. The van der Waals surface area contributed by atoms with E-state index in [1.807, 2.05) is 0 Å². The molecule has 0 unspecified atom stereocenters. The van der Waals surface area contributed by atoms with E-state index in [1.165, 1.54) is 23.5 Å². The van der Waals surface area contributed by atoms with Crippen LogP contribution in [0.15, 0.2) is 27.7 Å². The maximum Gasteiger partial charge on any atom is 0.437 e. The fourth-order valence-electron chi connectivity index (χ4n) is 4.97. The summed E-state index contributed by atoms with van der Waals surface area (Å²) in [4.78, 5) is 34.9. The van der Waals surface area contributed by atoms with Crippen LogP contribution < -0.4 is 10.1 Å². The van der Waals surface area contributed by atoms with Crippen molar-refractivity contribution in [2.75, 3.05) is 13.2 Å². The topological polar surface area (TPSA) is 149 Å². The molecule has 3 rings (SSSR count). The van der Waals surface area contributed by atoms with Gasteiger partial charge in [-0.05, 0) is 72.6 Å². The second kappa shape index (κ2) is 16.5. The molecule has 1 aliphatic heterocycles. The molecule has 0 bridgehead atoms. The molecule has 268 valence electrons. The Balaban J connectivity index is 1.84. The van der Waals surface area contributed by atoms with Gasteiger partial charge < -0.3 is 28.7 Å². The molecule has 1 aromatic carbocycles. The lowest BCUT2D eigenvalue weighted by molar-refractivity contribution is -0.138. The molecule has 0 saturated carbocycles. The summed E-state index contributed by atoms with van der Waals surface area (Å²) in [6, 6.07) is 2.39. The number of halogens is 3. The molecule has 0 aliphatic carbocycles. The molecule has 12 nitrogen and oxygen atoms in total. The number of aliphatic hydroxyl groups excluding tert-OH is 1. The Labute approximate surface area is 279 Å². The normalized spacial score (nSPS) is 17.4. The Hall–Kier alpha value is -3.88. The number of carbonyl (C=O) groups is 2. The Kier molecular flexibility index (Phi) is 13.2. The number of nitrogens with zero attached hydrogens (tertiary/aromatic N) is 4. The minimum Gasteiger partial charge on any atom is -0.493 e. The number of unbranched alkanes of at least 4 members (excludes halogenated alkanes) is 6. The van der Waals surface area contributed by atoms with Crippen LogP contribution in [-0.2, 0) is 15.7 Å². The van der Waals surface area contributed by atoms with Crippen LogP contribution in [0.3, 0.4) is 0 Å². The number of hydrogen-bond acceptors (Lipinski definition) is 9. The maximum atomic E-state index is 14.1. The smallest absolute Gasteiger partial charge is 0.437 e. The number of aromatic nitrogens is 2. The first-order valence-electron chi connectivity index (χ1n) is 16.3. The largest absolute Gasteiger partial charge is 0.493 e. The van der Waals surface area contributed by atoms with Crippen molar-refractivity contribution in [1.29, 1.82) is 0 Å². The first-order chi connectivity index (χ1) is 22.4. The van der Waals surface area contributed by atoms with Crippen LogP contribution in [0.25, 0.3) is 11.4 Å². The Morgan fingerprint density at radius 2 is 1.67 bits per heavy atom. The highest BCUT2D eigenvalue weighted by Gasteiger charge is 2.42. The molecule has 15 heteroatoms. The Morgan fingerprint density at radius 1 is 1.02 bits per heavy atom. The minimum absolute atomic E-state index is 0.00848. The van der Waals surface area contributed by atoms with Crippen molar-refractivity contribution in [3.63, 3.8) is 0 Å². The van der Waals surface area contributed by atoms with Crippen molar-refractivity contribution in [1.82, 2.24) is 20.4 Å². The van der Waals surface area contributed by atoms with E-state index in [2.05, 4.69) is 27.4 Å². The fourth-order valence-corrected chi connectivity index (χ4v) is 4.97. The lowest BCUT2D eigenvalue weighted by atomic mass is 10.1. The van der Waals surface area contributed by atoms with Crippen LogP contribution in [0.1, 0.15) is 117 Å². The number of alkyl carbamates (subject to hydrolysis) is 1.